The van der Waals surface area contributed by atoms with Gasteiger partial charge in [0.2, 0.25) is 17.7 Å². The molecule has 1 spiro atoms. The van der Waals surface area contributed by atoms with Crippen LogP contribution in [0.2, 0.25) is 0 Å². The van der Waals surface area contributed by atoms with Crippen molar-refractivity contribution in [3.05, 3.63) is 129 Å². The molecule has 26 nitrogen and oxygen atoms in total. The van der Waals surface area contributed by atoms with Gasteiger partial charge in [-0.25, -0.2) is 9.78 Å². The van der Waals surface area contributed by atoms with Gasteiger partial charge in [0, 0.05) is 95.9 Å². The molecule has 0 fully saturated rings. The number of phenols is 2. The zero-order valence-corrected chi connectivity index (χ0v) is 54.1. The first-order valence-corrected chi connectivity index (χ1v) is 32.1. The third-order valence-electron chi connectivity index (χ3n) is 15.2. The number of phenolic OH excluding ortho intramolecular Hbond substituents is 2. The van der Waals surface area contributed by atoms with Gasteiger partial charge in [-0.15, -0.1) is 11.3 Å². The van der Waals surface area contributed by atoms with Crippen molar-refractivity contribution in [1.82, 2.24) is 35.4 Å². The van der Waals surface area contributed by atoms with Crippen molar-refractivity contribution in [3.63, 3.8) is 0 Å². The number of benzene rings is 4. The minimum atomic E-state index is -1.39. The minimum Gasteiger partial charge on any atom is -0.508 e. The molecule has 28 heteroatoms. The Hall–Kier alpha value is -8.48. The number of nitrogens with one attached hydrogen (secondary N) is 6. The number of aromatic nitrogens is 3. The number of ether oxygens (including phenoxy) is 7. The molecule has 2 aliphatic rings. The summed E-state index contributed by atoms with van der Waals surface area (Å²) in [6, 6.07) is 18.5. The van der Waals surface area contributed by atoms with E-state index >= 15 is 0 Å². The Bertz CT molecular complexity index is 3760. The molecule has 0 saturated carbocycles. The van der Waals surface area contributed by atoms with E-state index in [0.717, 1.165) is 0 Å². The summed E-state index contributed by atoms with van der Waals surface area (Å²) in [6.45, 7) is 12.7. The zero-order valence-electron chi connectivity index (χ0n) is 52.4. The van der Waals surface area contributed by atoms with Gasteiger partial charge in [-0.1, -0.05) is 33.8 Å². The van der Waals surface area contributed by atoms with Gasteiger partial charge in [-0.3, -0.25) is 28.4 Å². The number of fused-ring (bicyclic) bond motifs is 8. The number of nitrogens with zero attached hydrogens (tertiary/aromatic N) is 3. The predicted octanol–water partition coefficient (Wildman–Crippen LogP) is 6.67. The number of carbonyl (C=O) groups is 5. The van der Waals surface area contributed by atoms with Gasteiger partial charge in [-0.05, 0) is 104 Å². The normalized spacial score (nSPS) is 13.4. The topological polar surface area (TPSA) is 341 Å². The second-order valence-corrected chi connectivity index (χ2v) is 25.4. The van der Waals surface area contributed by atoms with E-state index in [4.69, 9.17) is 55.6 Å². The van der Waals surface area contributed by atoms with E-state index < -0.39 is 34.3 Å². The molecule has 3 aromatic heterocycles. The van der Waals surface area contributed by atoms with Gasteiger partial charge in [0.15, 0.2) is 21.3 Å². The first kappa shape index (κ1) is 68.9. The number of aromatic hydroxyl groups is 2. The molecule has 4 amide bonds. The average Bonchev–Trinajstić information content (AvgIpc) is 1.62. The lowest BCUT2D eigenvalue weighted by atomic mass is 9.77. The molecule has 0 radical (unpaired) electrons. The van der Waals surface area contributed by atoms with Crippen LogP contribution in [0.4, 0.5) is 11.4 Å². The van der Waals surface area contributed by atoms with Gasteiger partial charge < -0.3 is 85.5 Å². The summed E-state index contributed by atoms with van der Waals surface area (Å²) >= 11 is 7.08. The number of thiocarbonyl (C=S) groups is 1. The Morgan fingerprint density at radius 1 is 0.731 bits per heavy atom. The maximum absolute atomic E-state index is 13.6. The maximum Gasteiger partial charge on any atom is 0.340 e. The number of nitrogens with two attached hydrogens (primary N) is 1. The van der Waals surface area contributed by atoms with Gasteiger partial charge in [0.1, 0.15) is 34.7 Å². The number of unbranched alkanes of at least 4 members (excludes halogenated alkanes) is 1. The minimum absolute atomic E-state index is 0.0354. The molecular weight excluding hydrogens is 1240 g/mol. The number of esters is 1. The highest BCUT2D eigenvalue weighted by atomic mass is 32.1. The van der Waals surface area contributed by atoms with Gasteiger partial charge in [-0.2, -0.15) is 4.74 Å². The van der Waals surface area contributed by atoms with Crippen molar-refractivity contribution >= 4 is 85.6 Å². The Morgan fingerprint density at radius 3 is 2.04 bits per heavy atom. The lowest BCUT2D eigenvalue weighted by Crippen LogP contribution is -2.48. The zero-order chi connectivity index (χ0) is 66.1. The molecule has 498 valence electrons. The Kier molecular flexibility index (Phi) is 23.6. The van der Waals surface area contributed by atoms with Crippen LogP contribution in [0.25, 0.3) is 15.9 Å². The fourth-order valence-electron chi connectivity index (χ4n) is 10.6. The van der Waals surface area contributed by atoms with Crippen molar-refractivity contribution in [2.45, 2.75) is 84.4 Å². The van der Waals surface area contributed by atoms with Crippen LogP contribution in [0.1, 0.15) is 104 Å². The Balaban J connectivity index is 0.580. The molecule has 0 bridgehead atoms. The van der Waals surface area contributed by atoms with Gasteiger partial charge in [0.05, 0.1) is 83.6 Å². The van der Waals surface area contributed by atoms with Crippen LogP contribution in [-0.4, -0.2) is 157 Å². The number of aryl methyl sites for hydroxylation is 1. The fourth-order valence-corrected chi connectivity index (χ4v) is 11.5. The molecule has 10 N–H and O–H groups in total. The first-order chi connectivity index (χ1) is 44.7. The van der Waals surface area contributed by atoms with Crippen LogP contribution in [0, 0.1) is 10.8 Å². The summed E-state index contributed by atoms with van der Waals surface area (Å²) in [4.78, 5) is 83.5. The van der Waals surface area contributed by atoms with Gasteiger partial charge >= 0.3 is 5.97 Å². The van der Waals surface area contributed by atoms with Crippen LogP contribution in [0.5, 0.6) is 23.0 Å². The smallest absolute Gasteiger partial charge is 0.340 e. The molecule has 2 aliphatic heterocycles. The second kappa shape index (κ2) is 31.9. The standard InChI is InChI=1S/C65H80N10O16S2/c1-63(2,39-88-40-64(3,4)38-69-61(92)71-42-10-14-47-45(32-42)60(83)90-65(47)48-15-12-43(76)34-53(48)89-54-35-44(77)13-16-49(54)65)36-56(79)72-50(8-5-6-18-66)57(80)68-20-24-85-26-28-87-30-29-86-27-25-84-23-19-67-55(78)9-7-21-75-59(82)46-33-41(11-17-52(46)91-75)70-58(81)51-37-74-22-31-93-62(74)73-51/h10-17,22,31-35,37,50,76-77H,5-9,18-21,23-30,36,38-40,66H2,1-4H3,(H,67,78)(H,68,80)(H,70,81)(H,72,79)(H2,69,71,92)/t50-/m1/s1. The van der Waals surface area contributed by atoms with E-state index in [1.165, 1.54) is 40.3 Å². The molecule has 5 heterocycles. The third kappa shape index (κ3) is 18.4. The number of hydrogen-bond acceptors (Lipinski definition) is 20. The van der Waals surface area contributed by atoms with Crippen LogP contribution < -0.4 is 47.9 Å². The highest BCUT2D eigenvalue weighted by molar-refractivity contribution is 7.80. The fraction of sp³-hybridized carbons (Fsp3) is 0.446. The van der Waals surface area contributed by atoms with E-state index in [1.807, 2.05) is 39.3 Å². The lowest BCUT2D eigenvalue weighted by Gasteiger charge is -2.36. The highest BCUT2D eigenvalue weighted by Gasteiger charge is 2.54. The Labute approximate surface area is 546 Å². The number of imidazole rings is 1. The average molecular weight is 1320 g/mol. The van der Waals surface area contributed by atoms with Crippen molar-refractivity contribution < 1.29 is 71.9 Å². The molecule has 1 atom stereocenters. The summed E-state index contributed by atoms with van der Waals surface area (Å²) in [6.07, 6.45) is 5.89. The SMILES string of the molecule is CC(C)(CNC(=S)Nc1ccc2c(c1)C(=O)OC21c2ccc(O)cc2Oc2cc(O)ccc21)COCC(C)(C)CC(=O)N[C@H](CCCCN)C(=O)NCCOCCOCCOCCOCCNC(=O)CCCn1oc2ccc(NC(=O)c3cn4ccsc4n3)cc2c1=O. The van der Waals surface area contributed by atoms with Gasteiger partial charge in [0.25, 0.3) is 11.5 Å². The van der Waals surface area contributed by atoms with Crippen molar-refractivity contribution in [2.24, 2.45) is 16.6 Å². The number of carbonyl (C=O) groups excluding carboxylic acids is 5. The van der Waals surface area contributed by atoms with Crippen LogP contribution >= 0.6 is 23.6 Å². The number of thiazole rings is 1. The molecule has 0 unspecified atom stereocenters. The van der Waals surface area contributed by atoms with Crippen molar-refractivity contribution in [2.75, 3.05) is 103 Å². The monoisotopic (exact) mass is 1320 g/mol. The van der Waals surface area contributed by atoms with Crippen molar-refractivity contribution in [1.29, 1.82) is 0 Å². The molecule has 0 saturated heterocycles. The maximum atomic E-state index is 13.6. The number of anilines is 2. The molecule has 93 heavy (non-hydrogen) atoms. The van der Waals surface area contributed by atoms with Crippen LogP contribution in [0.3, 0.4) is 0 Å². The summed E-state index contributed by atoms with van der Waals surface area (Å²) in [5.41, 5.74) is 6.54. The van der Waals surface area contributed by atoms with E-state index in [-0.39, 0.29) is 91.1 Å². The summed E-state index contributed by atoms with van der Waals surface area (Å²) in [5, 5.41) is 40.8. The van der Waals surface area contributed by atoms with E-state index in [9.17, 15) is 39.0 Å². The van der Waals surface area contributed by atoms with Crippen molar-refractivity contribution in [3.8, 4) is 23.0 Å². The number of amides is 4. The quantitative estimate of drug-likeness (QED) is 0.0112. The lowest BCUT2D eigenvalue weighted by molar-refractivity contribution is -0.131. The van der Waals surface area contributed by atoms with E-state index in [0.29, 0.717) is 153 Å². The molecule has 4 aromatic carbocycles. The molecule has 9 rings (SSSR count). The summed E-state index contributed by atoms with van der Waals surface area (Å²) in [7, 11) is 0. The van der Waals surface area contributed by atoms with Crippen LogP contribution in [-0.2, 0) is 55.0 Å². The summed E-state index contributed by atoms with van der Waals surface area (Å²) in [5.74, 6) is -1.25. The summed E-state index contributed by atoms with van der Waals surface area (Å²) < 4.78 is 49.4. The molecular formula is C65H80N10O16S2. The number of rotatable bonds is 36. The molecule has 7 aromatic rings. The van der Waals surface area contributed by atoms with E-state index in [1.54, 1.807) is 59.1 Å². The van der Waals surface area contributed by atoms with Crippen LogP contribution in [0.15, 0.2) is 99.9 Å². The predicted molar refractivity (Wildman–Crippen MR) is 350 cm³/mol. The van der Waals surface area contributed by atoms with E-state index in [2.05, 4.69) is 36.9 Å². The highest BCUT2D eigenvalue weighted by Crippen LogP contribution is 2.57. The number of hydrogen-bond donors (Lipinski definition) is 9. The second-order valence-electron chi connectivity index (χ2n) is 24.1. The third-order valence-corrected chi connectivity index (χ3v) is 16.2. The Morgan fingerprint density at radius 2 is 1.37 bits per heavy atom. The largest absolute Gasteiger partial charge is 0.508 e. The first-order valence-electron chi connectivity index (χ1n) is 30.8. The molecule has 0 aliphatic carbocycles.